The fraction of sp³-hybridized carbons (Fsp3) is 0.286. The summed E-state index contributed by atoms with van der Waals surface area (Å²) in [5, 5.41) is 8.88. The highest BCUT2D eigenvalue weighted by molar-refractivity contribution is 7.99. The highest BCUT2D eigenvalue weighted by atomic mass is 32.2. The number of amides is 1. The topological polar surface area (TPSA) is 60.2 Å². The van der Waals surface area contributed by atoms with E-state index in [2.05, 4.69) is 10.2 Å². The van der Waals surface area contributed by atoms with Gasteiger partial charge in [-0.3, -0.25) is 9.36 Å². The van der Waals surface area contributed by atoms with E-state index in [-0.39, 0.29) is 5.91 Å². The summed E-state index contributed by atoms with van der Waals surface area (Å²) in [6.45, 7) is 5.19. The summed E-state index contributed by atoms with van der Waals surface area (Å²) in [7, 11) is 1.81. The highest BCUT2D eigenvalue weighted by Crippen LogP contribution is 2.22. The molecule has 7 heteroatoms. The number of benzene rings is 2. The van der Waals surface area contributed by atoms with E-state index in [9.17, 15) is 4.79 Å². The average molecular weight is 397 g/mol. The molecule has 0 spiro atoms. The minimum Gasteiger partial charge on any atom is -0.494 e. The van der Waals surface area contributed by atoms with Gasteiger partial charge in [-0.25, -0.2) is 0 Å². The lowest BCUT2D eigenvalue weighted by atomic mass is 10.2. The molecule has 0 aliphatic carbocycles. The molecule has 0 atom stereocenters. The number of hydrogen-bond donors (Lipinski definition) is 0. The SMILES string of the molecule is CCOc1ccc(CN(C)C(=O)CSc2nncn2-c2ccccc2C)cc1. The number of carbonyl (C=O) groups excluding carboxylic acids is 1. The minimum absolute atomic E-state index is 0.0400. The maximum absolute atomic E-state index is 12.5. The third-order valence-electron chi connectivity index (χ3n) is 4.30. The number of thioether (sulfide) groups is 1. The van der Waals surface area contributed by atoms with Gasteiger partial charge in [0.25, 0.3) is 0 Å². The van der Waals surface area contributed by atoms with Crippen molar-refractivity contribution in [1.82, 2.24) is 19.7 Å². The number of hydrogen-bond acceptors (Lipinski definition) is 5. The van der Waals surface area contributed by atoms with Crippen LogP contribution >= 0.6 is 11.8 Å². The number of aryl methyl sites for hydroxylation is 1. The number of nitrogens with zero attached hydrogens (tertiary/aromatic N) is 4. The molecule has 0 saturated carbocycles. The Morgan fingerprint density at radius 2 is 1.93 bits per heavy atom. The first kappa shape index (κ1) is 19.9. The van der Waals surface area contributed by atoms with Gasteiger partial charge >= 0.3 is 0 Å². The molecule has 146 valence electrons. The van der Waals surface area contributed by atoms with Crippen LogP contribution in [-0.4, -0.2) is 45.0 Å². The van der Waals surface area contributed by atoms with Crippen molar-refractivity contribution < 1.29 is 9.53 Å². The largest absolute Gasteiger partial charge is 0.494 e. The first-order valence-corrected chi connectivity index (χ1v) is 10.1. The van der Waals surface area contributed by atoms with Crippen molar-refractivity contribution in [3.05, 3.63) is 66.0 Å². The van der Waals surface area contributed by atoms with Crippen LogP contribution in [0.15, 0.2) is 60.0 Å². The summed E-state index contributed by atoms with van der Waals surface area (Å²) < 4.78 is 7.37. The zero-order chi connectivity index (χ0) is 19.9. The van der Waals surface area contributed by atoms with Crippen LogP contribution in [0.5, 0.6) is 5.75 Å². The monoisotopic (exact) mass is 396 g/mol. The molecule has 0 bridgehead atoms. The molecule has 6 nitrogen and oxygen atoms in total. The summed E-state index contributed by atoms with van der Waals surface area (Å²) >= 11 is 1.39. The lowest BCUT2D eigenvalue weighted by molar-refractivity contribution is -0.127. The molecule has 2 aromatic carbocycles. The van der Waals surface area contributed by atoms with Gasteiger partial charge in [-0.05, 0) is 43.2 Å². The van der Waals surface area contributed by atoms with Gasteiger partial charge in [0.15, 0.2) is 5.16 Å². The molecule has 0 aliphatic rings. The fourth-order valence-electron chi connectivity index (χ4n) is 2.78. The maximum atomic E-state index is 12.5. The van der Waals surface area contributed by atoms with Crippen molar-refractivity contribution in [3.8, 4) is 11.4 Å². The fourth-order valence-corrected chi connectivity index (χ4v) is 3.64. The van der Waals surface area contributed by atoms with Gasteiger partial charge in [-0.15, -0.1) is 10.2 Å². The molecule has 1 aromatic heterocycles. The Morgan fingerprint density at radius 1 is 1.18 bits per heavy atom. The van der Waals surface area contributed by atoms with E-state index in [0.717, 1.165) is 22.6 Å². The molecule has 0 fully saturated rings. The van der Waals surface area contributed by atoms with Crippen molar-refractivity contribution in [2.45, 2.75) is 25.5 Å². The molecule has 1 amide bonds. The van der Waals surface area contributed by atoms with Crippen LogP contribution in [0.25, 0.3) is 5.69 Å². The third-order valence-corrected chi connectivity index (χ3v) is 5.22. The second kappa shape index (κ2) is 9.41. The van der Waals surface area contributed by atoms with Crippen LogP contribution in [0.3, 0.4) is 0 Å². The smallest absolute Gasteiger partial charge is 0.233 e. The molecule has 0 radical (unpaired) electrons. The second-order valence-electron chi connectivity index (χ2n) is 6.39. The van der Waals surface area contributed by atoms with Crippen LogP contribution < -0.4 is 4.74 Å². The van der Waals surface area contributed by atoms with Crippen LogP contribution in [0.2, 0.25) is 0 Å². The standard InChI is InChI=1S/C21H24N4O2S/c1-4-27-18-11-9-17(10-12-18)13-24(3)20(26)14-28-21-23-22-15-25(21)19-8-6-5-7-16(19)2/h5-12,15H,4,13-14H2,1-3H3. The average Bonchev–Trinajstić information content (AvgIpc) is 3.16. The number of rotatable bonds is 8. The van der Waals surface area contributed by atoms with Crippen molar-refractivity contribution in [2.75, 3.05) is 19.4 Å². The van der Waals surface area contributed by atoms with E-state index in [4.69, 9.17) is 4.74 Å². The predicted molar refractivity (Wildman–Crippen MR) is 111 cm³/mol. The summed E-state index contributed by atoms with van der Waals surface area (Å²) in [6, 6.07) is 15.9. The molecule has 28 heavy (non-hydrogen) atoms. The summed E-state index contributed by atoms with van der Waals surface area (Å²) in [5.41, 5.74) is 3.21. The highest BCUT2D eigenvalue weighted by Gasteiger charge is 2.14. The van der Waals surface area contributed by atoms with Crippen LogP contribution in [0.4, 0.5) is 0 Å². The molecule has 3 aromatic rings. The number of ether oxygens (including phenoxy) is 1. The molecular formula is C21H24N4O2S. The van der Waals surface area contributed by atoms with Gasteiger partial charge in [-0.2, -0.15) is 0 Å². The van der Waals surface area contributed by atoms with Crippen molar-refractivity contribution in [1.29, 1.82) is 0 Å². The van der Waals surface area contributed by atoms with Crippen LogP contribution in [-0.2, 0) is 11.3 Å². The zero-order valence-electron chi connectivity index (χ0n) is 16.3. The van der Waals surface area contributed by atoms with Crippen molar-refractivity contribution >= 4 is 17.7 Å². The molecular weight excluding hydrogens is 372 g/mol. The lowest BCUT2D eigenvalue weighted by Crippen LogP contribution is -2.27. The van der Waals surface area contributed by atoms with Crippen LogP contribution in [0, 0.1) is 6.92 Å². The number of carbonyl (C=O) groups is 1. The van der Waals surface area contributed by atoms with Gasteiger partial charge in [0.1, 0.15) is 12.1 Å². The van der Waals surface area contributed by atoms with Gasteiger partial charge in [-0.1, -0.05) is 42.1 Å². The van der Waals surface area contributed by atoms with Crippen molar-refractivity contribution in [2.24, 2.45) is 0 Å². The van der Waals surface area contributed by atoms with E-state index in [1.807, 2.05) is 74.0 Å². The normalized spacial score (nSPS) is 10.7. The molecule has 0 saturated heterocycles. The summed E-state index contributed by atoms with van der Waals surface area (Å²) in [5.74, 6) is 1.18. The Balaban J connectivity index is 1.58. The Hall–Kier alpha value is -2.80. The van der Waals surface area contributed by atoms with Gasteiger partial charge in [0.05, 0.1) is 18.0 Å². The molecule has 0 unspecified atom stereocenters. The summed E-state index contributed by atoms with van der Waals surface area (Å²) in [6.07, 6.45) is 1.68. The van der Waals surface area contributed by atoms with Gasteiger partial charge in [0, 0.05) is 13.6 Å². The lowest BCUT2D eigenvalue weighted by Gasteiger charge is -2.17. The summed E-state index contributed by atoms with van der Waals surface area (Å²) in [4.78, 5) is 14.3. The Kier molecular flexibility index (Phi) is 6.71. The zero-order valence-corrected chi connectivity index (χ0v) is 17.1. The van der Waals surface area contributed by atoms with E-state index in [0.29, 0.717) is 24.1 Å². The predicted octanol–water partition coefficient (Wildman–Crippen LogP) is 3.73. The van der Waals surface area contributed by atoms with Crippen LogP contribution in [0.1, 0.15) is 18.1 Å². The molecule has 0 aliphatic heterocycles. The quantitative estimate of drug-likeness (QED) is 0.543. The Labute approximate surface area is 169 Å². The molecule has 1 heterocycles. The second-order valence-corrected chi connectivity index (χ2v) is 7.33. The van der Waals surface area contributed by atoms with E-state index in [1.54, 1.807) is 11.2 Å². The van der Waals surface area contributed by atoms with Crippen molar-refractivity contribution in [3.63, 3.8) is 0 Å². The van der Waals surface area contributed by atoms with Gasteiger partial charge in [0.2, 0.25) is 5.91 Å². The number of aromatic nitrogens is 3. The van der Waals surface area contributed by atoms with Gasteiger partial charge < -0.3 is 9.64 Å². The molecule has 3 rings (SSSR count). The number of para-hydroxylation sites is 1. The van der Waals surface area contributed by atoms with E-state index < -0.39 is 0 Å². The molecule has 0 N–H and O–H groups in total. The third kappa shape index (κ3) is 4.92. The van der Waals surface area contributed by atoms with E-state index >= 15 is 0 Å². The maximum Gasteiger partial charge on any atom is 0.233 e. The van der Waals surface area contributed by atoms with E-state index in [1.165, 1.54) is 11.8 Å². The first-order chi connectivity index (χ1) is 13.6. The first-order valence-electron chi connectivity index (χ1n) is 9.13. The minimum atomic E-state index is 0.0400. The Morgan fingerprint density at radius 3 is 2.64 bits per heavy atom. The Bertz CT molecular complexity index is 924.